The molecule has 1 aromatic heterocycles. The van der Waals surface area contributed by atoms with Crippen LogP contribution in [0.1, 0.15) is 89.4 Å². The van der Waals surface area contributed by atoms with Gasteiger partial charge in [0.25, 0.3) is 0 Å². The van der Waals surface area contributed by atoms with Crippen LogP contribution >= 0.6 is 0 Å². The number of fused-ring (bicyclic) bond motifs is 1. The van der Waals surface area contributed by atoms with Gasteiger partial charge in [0.2, 0.25) is 0 Å². The van der Waals surface area contributed by atoms with E-state index in [1.807, 2.05) is 12.1 Å². The maximum atomic E-state index is 12.6. The summed E-state index contributed by atoms with van der Waals surface area (Å²) in [7, 11) is 0. The average Bonchev–Trinajstić information content (AvgIpc) is 2.83. The first-order valence-electron chi connectivity index (χ1n) is 12.9. The Kier molecular flexibility index (Phi) is 12.2. The number of benzene rings is 1. The van der Waals surface area contributed by atoms with Crippen molar-refractivity contribution in [1.29, 1.82) is 0 Å². The van der Waals surface area contributed by atoms with E-state index in [1.54, 1.807) is 18.2 Å². The summed E-state index contributed by atoms with van der Waals surface area (Å²) >= 11 is 0. The Balaban J connectivity index is 2.01. The number of hydrogen-bond acceptors (Lipinski definition) is 5. The molecule has 0 saturated heterocycles. The van der Waals surface area contributed by atoms with Crippen LogP contribution in [-0.2, 0) is 4.74 Å². The fraction of sp³-hybridized carbons (Fsp3) is 0.643. The van der Waals surface area contributed by atoms with Crippen molar-refractivity contribution in [3.05, 3.63) is 46.3 Å². The van der Waals surface area contributed by atoms with Gasteiger partial charge in [-0.1, -0.05) is 84.4 Å². The molecule has 2 atom stereocenters. The molecule has 2 rings (SSSR count). The number of rotatable bonds is 16. The minimum atomic E-state index is -0.646. The highest BCUT2D eigenvalue weighted by atomic mass is 16.5. The lowest BCUT2D eigenvalue weighted by molar-refractivity contribution is 0.0435. The van der Waals surface area contributed by atoms with E-state index in [9.17, 15) is 9.59 Å². The molecule has 0 radical (unpaired) electrons. The van der Waals surface area contributed by atoms with E-state index < -0.39 is 11.6 Å². The van der Waals surface area contributed by atoms with Crippen LogP contribution < -0.4 is 5.63 Å². The van der Waals surface area contributed by atoms with Gasteiger partial charge in [0.1, 0.15) is 17.8 Å². The fourth-order valence-electron chi connectivity index (χ4n) is 4.37. The number of carbonyl (C=O) groups is 1. The highest BCUT2D eigenvalue weighted by molar-refractivity contribution is 5.92. The maximum absolute atomic E-state index is 12.6. The molecule has 1 heterocycles. The summed E-state index contributed by atoms with van der Waals surface area (Å²) in [5.41, 5.74) is -0.212. The molecular weight excluding hydrogens is 414 g/mol. The molecule has 0 aliphatic carbocycles. The van der Waals surface area contributed by atoms with Crippen molar-refractivity contribution < 1.29 is 13.9 Å². The van der Waals surface area contributed by atoms with Gasteiger partial charge in [0, 0.05) is 25.0 Å². The molecule has 0 bridgehead atoms. The van der Waals surface area contributed by atoms with E-state index in [4.69, 9.17) is 9.15 Å². The van der Waals surface area contributed by atoms with Crippen LogP contribution in [0.4, 0.5) is 0 Å². The molecule has 0 N–H and O–H groups in total. The van der Waals surface area contributed by atoms with E-state index in [1.165, 1.54) is 51.4 Å². The lowest BCUT2D eigenvalue weighted by atomic mass is 9.96. The predicted molar refractivity (Wildman–Crippen MR) is 136 cm³/mol. The van der Waals surface area contributed by atoms with Crippen LogP contribution in [-0.4, -0.2) is 37.1 Å². The smallest absolute Gasteiger partial charge is 0.351 e. The second kappa shape index (κ2) is 14.9. The van der Waals surface area contributed by atoms with Gasteiger partial charge >= 0.3 is 11.6 Å². The summed E-state index contributed by atoms with van der Waals surface area (Å²) in [4.78, 5) is 27.4. The summed E-state index contributed by atoms with van der Waals surface area (Å²) < 4.78 is 10.8. The standard InChI is InChI=1S/C28H43NO4/c1-5-9-13-22(7-3)20-29(21-23(8-4)14-10-6-2)17-18-32-27(30)25-19-24-15-11-12-16-26(24)33-28(25)31/h11-12,15-16,19,22-23H,5-10,13-14,17-18,20-21H2,1-4H3. The van der Waals surface area contributed by atoms with Crippen LogP contribution in [0.5, 0.6) is 0 Å². The van der Waals surface area contributed by atoms with Crippen molar-refractivity contribution in [3.8, 4) is 0 Å². The minimum absolute atomic E-state index is 0.0380. The van der Waals surface area contributed by atoms with Crippen molar-refractivity contribution >= 4 is 16.9 Å². The molecule has 0 spiro atoms. The molecule has 0 aliphatic heterocycles. The van der Waals surface area contributed by atoms with Crippen molar-refractivity contribution in [1.82, 2.24) is 4.90 Å². The zero-order chi connectivity index (χ0) is 24.1. The third-order valence-corrected chi connectivity index (χ3v) is 6.62. The van der Waals surface area contributed by atoms with Crippen LogP contribution in [0, 0.1) is 11.8 Å². The summed E-state index contributed by atoms with van der Waals surface area (Å²) in [6.45, 7) is 12.1. The van der Waals surface area contributed by atoms with Gasteiger partial charge < -0.3 is 9.15 Å². The van der Waals surface area contributed by atoms with Gasteiger partial charge in [-0.15, -0.1) is 0 Å². The number of ether oxygens (including phenoxy) is 1. The molecule has 184 valence electrons. The van der Waals surface area contributed by atoms with Crippen molar-refractivity contribution in [2.24, 2.45) is 11.8 Å². The molecule has 2 unspecified atom stereocenters. The molecule has 5 nitrogen and oxygen atoms in total. The third-order valence-electron chi connectivity index (χ3n) is 6.62. The number of esters is 1. The number of para-hydroxylation sites is 1. The third kappa shape index (κ3) is 8.96. The topological polar surface area (TPSA) is 59.8 Å². The Hall–Kier alpha value is -2.14. The van der Waals surface area contributed by atoms with Crippen LogP contribution in [0.2, 0.25) is 0 Å². The minimum Gasteiger partial charge on any atom is -0.461 e. The monoisotopic (exact) mass is 457 g/mol. The van der Waals surface area contributed by atoms with Crippen LogP contribution in [0.3, 0.4) is 0 Å². The van der Waals surface area contributed by atoms with Crippen molar-refractivity contribution in [3.63, 3.8) is 0 Å². The Bertz CT molecular complexity index is 873. The largest absolute Gasteiger partial charge is 0.461 e. The van der Waals surface area contributed by atoms with Crippen molar-refractivity contribution in [2.45, 2.75) is 79.1 Å². The van der Waals surface area contributed by atoms with E-state index in [0.717, 1.165) is 13.1 Å². The summed E-state index contributed by atoms with van der Waals surface area (Å²) in [6, 6.07) is 8.75. The highest BCUT2D eigenvalue weighted by Gasteiger charge is 2.19. The van der Waals surface area contributed by atoms with Crippen LogP contribution in [0.25, 0.3) is 11.0 Å². The normalized spacial score (nSPS) is 13.4. The molecule has 0 amide bonds. The molecule has 0 fully saturated rings. The molecule has 1 aromatic carbocycles. The molecule has 33 heavy (non-hydrogen) atoms. The van der Waals surface area contributed by atoms with Gasteiger partial charge in [-0.25, -0.2) is 9.59 Å². The number of unbranched alkanes of at least 4 members (excludes halogenated alkanes) is 2. The Morgan fingerprint density at radius 1 is 0.970 bits per heavy atom. The number of nitrogens with zero attached hydrogens (tertiary/aromatic N) is 1. The zero-order valence-electron chi connectivity index (χ0n) is 21.1. The number of hydrogen-bond donors (Lipinski definition) is 0. The van der Waals surface area contributed by atoms with Crippen molar-refractivity contribution in [2.75, 3.05) is 26.2 Å². The van der Waals surface area contributed by atoms with Crippen LogP contribution in [0.15, 0.2) is 39.5 Å². The van der Waals surface area contributed by atoms with Gasteiger partial charge in [-0.3, -0.25) is 4.90 Å². The zero-order valence-corrected chi connectivity index (χ0v) is 21.1. The quantitative estimate of drug-likeness (QED) is 0.208. The van der Waals surface area contributed by atoms with E-state index in [-0.39, 0.29) is 12.2 Å². The lowest BCUT2D eigenvalue weighted by Crippen LogP contribution is -2.37. The SMILES string of the molecule is CCCCC(CC)CN(CCOC(=O)c1cc2ccccc2oc1=O)CC(CC)CCCC. The lowest BCUT2D eigenvalue weighted by Gasteiger charge is -2.30. The molecule has 2 aromatic rings. The summed E-state index contributed by atoms with van der Waals surface area (Å²) in [5, 5.41) is 0.717. The maximum Gasteiger partial charge on any atom is 0.351 e. The predicted octanol–water partition coefficient (Wildman–Crippen LogP) is 6.68. The Labute approximate surface area is 199 Å². The Morgan fingerprint density at radius 3 is 2.15 bits per heavy atom. The Morgan fingerprint density at radius 2 is 1.58 bits per heavy atom. The molecule has 0 aliphatic rings. The molecule has 0 saturated carbocycles. The van der Waals surface area contributed by atoms with Gasteiger partial charge in [-0.2, -0.15) is 0 Å². The fourth-order valence-corrected chi connectivity index (χ4v) is 4.37. The van der Waals surface area contributed by atoms with Gasteiger partial charge in [-0.05, 0) is 36.8 Å². The first-order chi connectivity index (χ1) is 16.0. The second-order valence-electron chi connectivity index (χ2n) is 9.21. The van der Waals surface area contributed by atoms with E-state index in [2.05, 4.69) is 32.6 Å². The van der Waals surface area contributed by atoms with Gasteiger partial charge in [0.15, 0.2) is 0 Å². The first kappa shape index (κ1) is 27.1. The first-order valence-corrected chi connectivity index (χ1v) is 12.9. The van der Waals surface area contributed by atoms with Gasteiger partial charge in [0.05, 0.1) is 0 Å². The number of carbonyl (C=O) groups excluding carboxylic acids is 1. The van der Waals surface area contributed by atoms with E-state index >= 15 is 0 Å². The molecule has 5 heteroatoms. The average molecular weight is 458 g/mol. The summed E-state index contributed by atoms with van der Waals surface area (Å²) in [6.07, 6.45) is 9.77. The summed E-state index contributed by atoms with van der Waals surface area (Å²) in [5.74, 6) is 0.722. The highest BCUT2D eigenvalue weighted by Crippen LogP contribution is 2.19. The molecular formula is C28H43NO4. The second-order valence-corrected chi connectivity index (χ2v) is 9.21. The van der Waals surface area contributed by atoms with E-state index in [0.29, 0.717) is 29.3 Å².